The minimum atomic E-state index is 0.247. The third-order valence-corrected chi connectivity index (χ3v) is 21.0. The van der Waals surface area contributed by atoms with Crippen molar-refractivity contribution >= 4 is 87.7 Å². The number of hydrogen-bond donors (Lipinski definition) is 2. The Bertz CT molecular complexity index is 6070. The molecule has 15 aromatic rings. The summed E-state index contributed by atoms with van der Waals surface area (Å²) in [6.07, 6.45) is 7.03. The van der Waals surface area contributed by atoms with Crippen LogP contribution in [0.4, 0.5) is 0 Å². The van der Waals surface area contributed by atoms with E-state index in [0.717, 1.165) is 77.4 Å². The van der Waals surface area contributed by atoms with Crippen molar-refractivity contribution in [2.75, 3.05) is 211 Å². The fraction of sp³-hybridized carbons (Fsp3) is 0.320. The molecule has 0 saturated carbocycles. The Hall–Kier alpha value is -13.3. The third kappa shape index (κ3) is 24.8. The van der Waals surface area contributed by atoms with E-state index in [-0.39, 0.29) is 26.4 Å². The summed E-state index contributed by atoms with van der Waals surface area (Å²) in [7, 11) is 0. The Labute approximate surface area is 760 Å². The van der Waals surface area contributed by atoms with Gasteiger partial charge in [-0.3, -0.25) is 19.9 Å². The number of hydrogen-bond acceptors (Lipinski definition) is 30. The van der Waals surface area contributed by atoms with Crippen LogP contribution in [-0.4, -0.2) is 271 Å². The SMILES string of the molecule is c1cnc2c(OCCOCCOCCOCCOc3ccc4c(c3)-c3nc-4nc4[nH]c(nc5nc(nc6[nH]c(n3)c3ccc(OCCOCCOCCOCCOc7cccc8cccnc78)cc63)-c3ccc(OCCOCCOCCOCCOc6cccc7cccnc67)cc3-5)c3ccc(OCCOCCOCCOCCOc5cccc6cccnc56)cc43)cccc2c1. The summed E-state index contributed by atoms with van der Waals surface area (Å²) in [5.41, 5.74) is 7.81. The van der Waals surface area contributed by atoms with Crippen LogP contribution < -0.4 is 37.9 Å². The first-order chi connectivity index (χ1) is 65.5. The molecule has 0 radical (unpaired) electrons. The second-order valence-corrected chi connectivity index (χ2v) is 29.9. The summed E-state index contributed by atoms with van der Waals surface area (Å²) < 4.78 is 120. The molecule has 2 N–H and O–H groups in total. The van der Waals surface area contributed by atoms with Crippen molar-refractivity contribution in [3.05, 3.63) is 219 Å². The molecule has 682 valence electrons. The van der Waals surface area contributed by atoms with Gasteiger partial charge in [0, 0.05) is 90.1 Å². The van der Waals surface area contributed by atoms with Crippen molar-refractivity contribution in [1.82, 2.24) is 59.8 Å². The number of fused-ring (bicyclic) bond motifs is 24. The molecule has 9 heterocycles. The minimum Gasteiger partial charge on any atom is -0.491 e. The van der Waals surface area contributed by atoms with E-state index in [4.69, 9.17) is 125 Å². The summed E-state index contributed by atoms with van der Waals surface area (Å²) in [5, 5.41) is 6.90. The summed E-state index contributed by atoms with van der Waals surface area (Å²) in [6, 6.07) is 62.1. The first-order valence-corrected chi connectivity index (χ1v) is 44.2. The van der Waals surface area contributed by atoms with Crippen LogP contribution in [0.15, 0.2) is 219 Å². The van der Waals surface area contributed by atoms with Gasteiger partial charge in [-0.25, -0.2) is 29.9 Å². The van der Waals surface area contributed by atoms with E-state index in [9.17, 15) is 0 Å². The number of rotatable bonds is 56. The topological polar surface area (TPSA) is 345 Å². The molecule has 0 saturated heterocycles. The number of aromatic nitrogens is 12. The highest BCUT2D eigenvalue weighted by atomic mass is 16.6. The van der Waals surface area contributed by atoms with Gasteiger partial charge in [0.15, 0.2) is 23.3 Å². The monoisotopic (exact) mass is 1790 g/mol. The van der Waals surface area contributed by atoms with E-state index in [0.29, 0.717) is 287 Å². The normalized spacial score (nSPS) is 11.8. The van der Waals surface area contributed by atoms with Gasteiger partial charge in [-0.15, -0.1) is 0 Å². The molecule has 17 rings (SSSR count). The number of para-hydroxylation sites is 4. The summed E-state index contributed by atoms with van der Waals surface area (Å²) >= 11 is 0. The molecule has 8 aromatic carbocycles. The molecule has 0 fully saturated rings. The van der Waals surface area contributed by atoms with Crippen LogP contribution in [0.25, 0.3) is 133 Å². The van der Waals surface area contributed by atoms with Crippen molar-refractivity contribution in [3.63, 3.8) is 0 Å². The highest BCUT2D eigenvalue weighted by Crippen LogP contribution is 2.41. The van der Waals surface area contributed by atoms with E-state index in [1.54, 1.807) is 24.8 Å². The van der Waals surface area contributed by atoms with Crippen molar-refractivity contribution in [2.24, 2.45) is 0 Å². The van der Waals surface area contributed by atoms with Crippen LogP contribution in [0.2, 0.25) is 0 Å². The average molecular weight is 1790 g/mol. The zero-order valence-corrected chi connectivity index (χ0v) is 73.0. The molecule has 2 aliphatic heterocycles. The maximum absolute atomic E-state index is 6.39. The molecule has 8 bridgehead atoms. The Kier molecular flexibility index (Phi) is 33.0. The van der Waals surface area contributed by atoms with Gasteiger partial charge in [0.2, 0.25) is 0 Å². The van der Waals surface area contributed by atoms with Crippen LogP contribution in [0.3, 0.4) is 0 Å². The fourth-order valence-electron chi connectivity index (χ4n) is 14.7. The standard InChI is InChI=1S/C100H102N12O20/c1-9-69-13-5-29-101-89(69)85(17-1)129-61-53-121-45-37-113-33-41-117-49-57-125-73-21-25-77-81(65-73)97-105-93(77)110-98-83-67-75(127-59-51-119-43-35-115-39-47-123-55-63-131-87-19-3-11-71-15-7-31-103-91(71)87)23-27-79(83)95(107-98)112-100-84-68-76(128-60-52-120-44-36-116-40-48-124-56-64-132-88-20-4-12-72-16-8-32-104-92(72)88)24-28-80(84)96(108-100)111-99-82-66-74(22-26-78(82)94(106-99)109-97)126-58-50-118-42-34-114-38-46-122-54-62-130-86-18-2-10-70-14-6-30-102-90(70)86/h1-32,65-68H,33-64H2,(H2,105,106,107,108,109,110,111,112). The van der Waals surface area contributed by atoms with Gasteiger partial charge in [0.25, 0.3) is 0 Å². The lowest BCUT2D eigenvalue weighted by atomic mass is 10.1. The lowest BCUT2D eigenvalue weighted by Gasteiger charge is -2.10. The van der Waals surface area contributed by atoms with Crippen LogP contribution in [0.5, 0.6) is 46.0 Å². The first kappa shape index (κ1) is 90.6. The maximum Gasteiger partial charge on any atom is 0.164 e. The lowest BCUT2D eigenvalue weighted by Crippen LogP contribution is -2.14. The predicted octanol–water partition coefficient (Wildman–Crippen LogP) is 15.1. The third-order valence-electron chi connectivity index (χ3n) is 21.0. The molecule has 7 aromatic heterocycles. The number of nitrogens with one attached hydrogen (secondary N) is 2. The Morgan fingerprint density at radius 3 is 0.674 bits per heavy atom. The second kappa shape index (κ2) is 48.0. The first-order valence-electron chi connectivity index (χ1n) is 44.2. The largest absolute Gasteiger partial charge is 0.491 e. The average Bonchev–Trinajstić information content (AvgIpc) is 1.59. The van der Waals surface area contributed by atoms with E-state index >= 15 is 0 Å². The highest BCUT2D eigenvalue weighted by molar-refractivity contribution is 6.07. The molecule has 0 unspecified atom stereocenters. The van der Waals surface area contributed by atoms with Gasteiger partial charge in [-0.2, -0.15) is 0 Å². The van der Waals surface area contributed by atoms with Crippen molar-refractivity contribution in [1.29, 1.82) is 0 Å². The predicted molar refractivity (Wildman–Crippen MR) is 497 cm³/mol. The van der Waals surface area contributed by atoms with Gasteiger partial charge in [0.05, 0.1) is 159 Å². The van der Waals surface area contributed by atoms with Crippen LogP contribution in [-0.2, 0) is 56.8 Å². The summed E-state index contributed by atoms with van der Waals surface area (Å²) in [6.45, 7) is 11.5. The number of aromatic amines is 2. The number of pyridine rings is 4. The van der Waals surface area contributed by atoms with Gasteiger partial charge in [-0.05, 0) is 121 Å². The number of nitrogens with zero attached hydrogens (tertiary/aromatic N) is 10. The molecular formula is C100H102N12O20. The van der Waals surface area contributed by atoms with E-state index in [2.05, 4.69) is 29.9 Å². The van der Waals surface area contributed by atoms with Gasteiger partial charge < -0.3 is 105 Å². The van der Waals surface area contributed by atoms with E-state index in [1.807, 2.05) is 194 Å². The number of ether oxygens (including phenoxy) is 20. The van der Waals surface area contributed by atoms with Crippen LogP contribution in [0.1, 0.15) is 0 Å². The lowest BCUT2D eigenvalue weighted by molar-refractivity contribution is 0.00505. The van der Waals surface area contributed by atoms with E-state index in [1.165, 1.54) is 0 Å². The molecule has 0 spiro atoms. The maximum atomic E-state index is 6.39. The van der Waals surface area contributed by atoms with Gasteiger partial charge in [-0.1, -0.05) is 72.8 Å². The zero-order chi connectivity index (χ0) is 89.2. The molecule has 32 nitrogen and oxygen atoms in total. The second-order valence-electron chi connectivity index (χ2n) is 29.9. The Morgan fingerprint density at radius 1 is 0.182 bits per heavy atom. The van der Waals surface area contributed by atoms with Crippen molar-refractivity contribution < 1.29 is 94.7 Å². The van der Waals surface area contributed by atoms with Crippen LogP contribution in [0, 0.1) is 0 Å². The molecule has 0 aliphatic carbocycles. The van der Waals surface area contributed by atoms with Crippen molar-refractivity contribution in [3.8, 4) is 91.5 Å². The molecule has 0 amide bonds. The number of benzene rings is 8. The minimum absolute atomic E-state index is 0.247. The molecule has 2 aliphatic rings. The Balaban J connectivity index is 0.566. The smallest absolute Gasteiger partial charge is 0.164 e. The van der Waals surface area contributed by atoms with Gasteiger partial charge >= 0.3 is 0 Å². The van der Waals surface area contributed by atoms with Crippen LogP contribution >= 0.6 is 0 Å². The molecular weight excluding hydrogens is 1690 g/mol. The Morgan fingerprint density at radius 2 is 0.402 bits per heavy atom. The quantitative estimate of drug-likeness (QED) is 0.0334. The highest BCUT2D eigenvalue weighted by Gasteiger charge is 2.25. The molecule has 0 atom stereocenters. The molecule has 132 heavy (non-hydrogen) atoms. The molecule has 32 heteroatoms. The summed E-state index contributed by atoms with van der Waals surface area (Å²) in [5.74, 6) is 6.62. The van der Waals surface area contributed by atoms with Gasteiger partial charge in [0.1, 0.15) is 144 Å². The van der Waals surface area contributed by atoms with Crippen molar-refractivity contribution in [2.45, 2.75) is 0 Å². The number of H-pyrrole nitrogens is 2. The fourth-order valence-corrected chi connectivity index (χ4v) is 14.7. The van der Waals surface area contributed by atoms with E-state index < -0.39 is 0 Å². The summed E-state index contributed by atoms with van der Waals surface area (Å²) in [4.78, 5) is 56.8. The zero-order valence-electron chi connectivity index (χ0n) is 73.0.